The number of anilines is 1. The first-order valence-corrected chi connectivity index (χ1v) is 9.47. The smallest absolute Gasteiger partial charge is 0.195 e. The summed E-state index contributed by atoms with van der Waals surface area (Å²) in [6.07, 6.45) is 4.79. The van der Waals surface area contributed by atoms with Gasteiger partial charge in [-0.1, -0.05) is 30.3 Å². The zero-order chi connectivity index (χ0) is 20.5. The summed E-state index contributed by atoms with van der Waals surface area (Å²) >= 11 is 0. The first kappa shape index (κ1) is 20.3. The lowest BCUT2D eigenvalue weighted by Gasteiger charge is -2.14. The van der Waals surface area contributed by atoms with Gasteiger partial charge in [0.05, 0.1) is 20.8 Å². The molecule has 0 aliphatic rings. The molecule has 0 aliphatic carbocycles. The molecule has 1 heterocycles. The molecule has 0 saturated heterocycles. The Kier molecular flexibility index (Phi) is 7.10. The van der Waals surface area contributed by atoms with Gasteiger partial charge in [-0.3, -0.25) is 4.99 Å². The highest BCUT2D eigenvalue weighted by Gasteiger charge is 2.08. The van der Waals surface area contributed by atoms with Crippen LogP contribution in [0.4, 0.5) is 5.69 Å². The Labute approximate surface area is 171 Å². The van der Waals surface area contributed by atoms with Crippen LogP contribution in [0.1, 0.15) is 11.4 Å². The van der Waals surface area contributed by atoms with Gasteiger partial charge in [0.1, 0.15) is 5.82 Å². The Hall–Kier alpha value is -3.48. The molecule has 7 heteroatoms. The number of ether oxygens (including phenoxy) is 2. The summed E-state index contributed by atoms with van der Waals surface area (Å²) in [7, 11) is 4.97. The molecule has 0 bridgehead atoms. The highest BCUT2D eigenvalue weighted by Crippen LogP contribution is 2.29. The Morgan fingerprint density at radius 1 is 1.07 bits per heavy atom. The molecular weight excluding hydrogens is 366 g/mol. The van der Waals surface area contributed by atoms with Crippen molar-refractivity contribution in [2.24, 2.45) is 4.99 Å². The molecule has 29 heavy (non-hydrogen) atoms. The van der Waals surface area contributed by atoms with E-state index < -0.39 is 0 Å². The van der Waals surface area contributed by atoms with Gasteiger partial charge in [0.15, 0.2) is 17.5 Å². The second-order valence-electron chi connectivity index (χ2n) is 6.39. The van der Waals surface area contributed by atoms with Crippen LogP contribution < -0.4 is 20.1 Å². The summed E-state index contributed by atoms with van der Waals surface area (Å²) in [6, 6.07) is 16.1. The van der Waals surface area contributed by atoms with Crippen molar-refractivity contribution in [2.75, 3.05) is 26.6 Å². The van der Waals surface area contributed by atoms with Gasteiger partial charge in [-0.2, -0.15) is 0 Å². The number of nitrogens with one attached hydrogen (secondary N) is 2. The number of methoxy groups -OCH3 is 2. The summed E-state index contributed by atoms with van der Waals surface area (Å²) in [4.78, 5) is 8.76. The van der Waals surface area contributed by atoms with Crippen molar-refractivity contribution in [1.29, 1.82) is 0 Å². The quantitative estimate of drug-likeness (QED) is 0.454. The van der Waals surface area contributed by atoms with Gasteiger partial charge in [0.2, 0.25) is 0 Å². The molecular formula is C22H27N5O2. The number of benzene rings is 2. The fourth-order valence-electron chi connectivity index (χ4n) is 3.00. The van der Waals surface area contributed by atoms with Crippen LogP contribution in [-0.2, 0) is 19.5 Å². The number of aliphatic imine (C=N–C) groups is 1. The molecule has 0 unspecified atom stereocenters. The molecule has 3 rings (SSSR count). The van der Waals surface area contributed by atoms with Gasteiger partial charge < -0.3 is 24.7 Å². The molecule has 2 N–H and O–H groups in total. The van der Waals surface area contributed by atoms with E-state index in [1.165, 1.54) is 5.56 Å². The largest absolute Gasteiger partial charge is 0.493 e. The average Bonchev–Trinajstić information content (AvgIpc) is 3.23. The van der Waals surface area contributed by atoms with Crippen LogP contribution in [0.3, 0.4) is 0 Å². The van der Waals surface area contributed by atoms with Crippen molar-refractivity contribution in [3.63, 3.8) is 0 Å². The average molecular weight is 393 g/mol. The third-order valence-corrected chi connectivity index (χ3v) is 4.57. The summed E-state index contributed by atoms with van der Waals surface area (Å²) in [5, 5.41) is 6.57. The minimum absolute atomic E-state index is 0.564. The standard InChI is InChI=1S/C22H27N5O2/c1-23-22(26-18-9-10-19(28-2)20(15-18)29-3)25-16-21-24-12-14-27(21)13-11-17-7-5-4-6-8-17/h4-10,12,14-15H,11,13,16H2,1-3H3,(H2,23,25,26). The molecule has 2 aromatic carbocycles. The predicted octanol–water partition coefficient (Wildman–Crippen LogP) is 3.33. The number of rotatable bonds is 8. The van der Waals surface area contributed by atoms with E-state index in [0.717, 1.165) is 24.5 Å². The van der Waals surface area contributed by atoms with E-state index in [1.807, 2.05) is 36.7 Å². The molecule has 3 aromatic rings. The molecule has 0 spiro atoms. The Balaban J connectivity index is 1.58. The molecule has 0 atom stereocenters. The van der Waals surface area contributed by atoms with E-state index in [2.05, 4.69) is 49.4 Å². The Bertz CT molecular complexity index is 937. The number of imidazole rings is 1. The van der Waals surface area contributed by atoms with Crippen LogP contribution >= 0.6 is 0 Å². The minimum Gasteiger partial charge on any atom is -0.493 e. The van der Waals surface area contributed by atoms with E-state index in [0.29, 0.717) is 24.0 Å². The van der Waals surface area contributed by atoms with Gasteiger partial charge in [0, 0.05) is 37.7 Å². The fourth-order valence-corrected chi connectivity index (χ4v) is 3.00. The summed E-state index contributed by atoms with van der Waals surface area (Å²) in [5.74, 6) is 2.94. The molecule has 0 radical (unpaired) electrons. The molecule has 0 aliphatic heterocycles. The maximum Gasteiger partial charge on any atom is 0.195 e. The molecule has 1 aromatic heterocycles. The van der Waals surface area contributed by atoms with Crippen molar-refractivity contribution in [3.05, 3.63) is 72.3 Å². The minimum atomic E-state index is 0.564. The van der Waals surface area contributed by atoms with Crippen LogP contribution in [0.5, 0.6) is 11.5 Å². The fraction of sp³-hybridized carbons (Fsp3) is 0.273. The molecule has 7 nitrogen and oxygen atoms in total. The lowest BCUT2D eigenvalue weighted by molar-refractivity contribution is 0.355. The third-order valence-electron chi connectivity index (χ3n) is 4.57. The van der Waals surface area contributed by atoms with Crippen LogP contribution in [0, 0.1) is 0 Å². The number of hydrogen-bond acceptors (Lipinski definition) is 4. The SMILES string of the molecule is CN=C(NCc1nccn1CCc1ccccc1)Nc1ccc(OC)c(OC)c1. The predicted molar refractivity (Wildman–Crippen MR) is 116 cm³/mol. The van der Waals surface area contributed by atoms with Crippen LogP contribution in [-0.4, -0.2) is 36.8 Å². The van der Waals surface area contributed by atoms with Gasteiger partial charge in [-0.25, -0.2) is 4.98 Å². The molecule has 152 valence electrons. The molecule has 0 saturated carbocycles. The Morgan fingerprint density at radius 3 is 2.59 bits per heavy atom. The summed E-state index contributed by atoms with van der Waals surface area (Å²) in [5.41, 5.74) is 2.16. The highest BCUT2D eigenvalue weighted by molar-refractivity contribution is 5.93. The number of aromatic nitrogens is 2. The van der Waals surface area contributed by atoms with E-state index in [4.69, 9.17) is 9.47 Å². The lowest BCUT2D eigenvalue weighted by Crippen LogP contribution is -2.31. The van der Waals surface area contributed by atoms with Gasteiger partial charge in [0.25, 0.3) is 0 Å². The zero-order valence-corrected chi connectivity index (χ0v) is 17.1. The topological polar surface area (TPSA) is 72.7 Å². The number of aryl methyl sites for hydroxylation is 2. The normalized spacial score (nSPS) is 11.2. The summed E-state index contributed by atoms with van der Waals surface area (Å²) < 4.78 is 12.8. The Morgan fingerprint density at radius 2 is 1.86 bits per heavy atom. The van der Waals surface area contributed by atoms with E-state index >= 15 is 0 Å². The van der Waals surface area contributed by atoms with Crippen LogP contribution in [0.2, 0.25) is 0 Å². The van der Waals surface area contributed by atoms with E-state index in [1.54, 1.807) is 21.3 Å². The summed E-state index contributed by atoms with van der Waals surface area (Å²) in [6.45, 7) is 1.44. The maximum atomic E-state index is 5.35. The lowest BCUT2D eigenvalue weighted by atomic mass is 10.1. The van der Waals surface area contributed by atoms with Crippen molar-refractivity contribution in [2.45, 2.75) is 19.5 Å². The van der Waals surface area contributed by atoms with Gasteiger partial charge in [-0.15, -0.1) is 0 Å². The van der Waals surface area contributed by atoms with E-state index in [-0.39, 0.29) is 0 Å². The first-order chi connectivity index (χ1) is 14.2. The third kappa shape index (κ3) is 5.51. The van der Waals surface area contributed by atoms with Gasteiger partial charge >= 0.3 is 0 Å². The monoisotopic (exact) mass is 393 g/mol. The van der Waals surface area contributed by atoms with Gasteiger partial charge in [-0.05, 0) is 24.1 Å². The maximum absolute atomic E-state index is 5.35. The van der Waals surface area contributed by atoms with Crippen molar-refractivity contribution < 1.29 is 9.47 Å². The second-order valence-corrected chi connectivity index (χ2v) is 6.39. The van der Waals surface area contributed by atoms with Crippen molar-refractivity contribution in [1.82, 2.24) is 14.9 Å². The first-order valence-electron chi connectivity index (χ1n) is 9.47. The highest BCUT2D eigenvalue weighted by atomic mass is 16.5. The number of hydrogen-bond donors (Lipinski definition) is 2. The van der Waals surface area contributed by atoms with Crippen LogP contribution in [0.25, 0.3) is 0 Å². The van der Waals surface area contributed by atoms with Crippen LogP contribution in [0.15, 0.2) is 65.9 Å². The number of nitrogens with zero attached hydrogens (tertiary/aromatic N) is 3. The number of guanidine groups is 1. The van der Waals surface area contributed by atoms with Crippen molar-refractivity contribution in [3.8, 4) is 11.5 Å². The molecule has 0 amide bonds. The second kappa shape index (κ2) is 10.2. The zero-order valence-electron chi connectivity index (χ0n) is 17.1. The molecule has 0 fully saturated rings. The van der Waals surface area contributed by atoms with E-state index in [9.17, 15) is 0 Å². The van der Waals surface area contributed by atoms with Crippen molar-refractivity contribution >= 4 is 11.6 Å².